The second kappa shape index (κ2) is 14.1. The summed E-state index contributed by atoms with van der Waals surface area (Å²) in [6.45, 7) is 9.76. The number of hydrogen-bond acceptors (Lipinski definition) is 4. The van der Waals surface area contributed by atoms with Gasteiger partial charge in [0.25, 0.3) is 0 Å². The van der Waals surface area contributed by atoms with Gasteiger partial charge in [0, 0.05) is 44.6 Å². The summed E-state index contributed by atoms with van der Waals surface area (Å²) in [6, 6.07) is 13.3. The van der Waals surface area contributed by atoms with Gasteiger partial charge in [0.1, 0.15) is 0 Å². The highest BCUT2D eigenvalue weighted by Gasteiger charge is 2.12. The molecule has 5 nitrogen and oxygen atoms in total. The number of rotatable bonds is 8. The van der Waals surface area contributed by atoms with Crippen LogP contribution in [-0.4, -0.2) is 62.6 Å². The molecular formula is C24H38IN5S. The number of aliphatic imine (C=N–C) groups is 1. The number of nitrogens with one attached hydrogen (secondary N) is 2. The maximum absolute atomic E-state index is 4.37. The monoisotopic (exact) mass is 555 g/mol. The first-order chi connectivity index (χ1) is 14.6. The Morgan fingerprint density at radius 2 is 1.84 bits per heavy atom. The predicted octanol–water partition coefficient (Wildman–Crippen LogP) is 4.05. The minimum Gasteiger partial charge on any atom is -0.356 e. The molecule has 1 unspecified atom stereocenters. The highest BCUT2D eigenvalue weighted by Crippen LogP contribution is 2.14. The Morgan fingerprint density at radius 1 is 1.06 bits per heavy atom. The van der Waals surface area contributed by atoms with E-state index in [0.29, 0.717) is 5.92 Å². The van der Waals surface area contributed by atoms with E-state index in [0.717, 1.165) is 38.6 Å². The number of thiophene rings is 1. The van der Waals surface area contributed by atoms with Crippen LogP contribution in [0.5, 0.6) is 0 Å². The van der Waals surface area contributed by atoms with Crippen molar-refractivity contribution in [1.29, 1.82) is 0 Å². The molecule has 1 aliphatic heterocycles. The first-order valence-corrected chi connectivity index (χ1v) is 12.0. The molecule has 1 saturated heterocycles. The number of benzene rings is 1. The molecule has 0 radical (unpaired) electrons. The van der Waals surface area contributed by atoms with Crippen LogP contribution in [0, 0.1) is 5.92 Å². The fourth-order valence-corrected chi connectivity index (χ4v) is 4.67. The second-order valence-corrected chi connectivity index (χ2v) is 9.48. The molecule has 2 N–H and O–H groups in total. The molecule has 1 fully saturated rings. The molecular weight excluding hydrogens is 517 g/mol. The van der Waals surface area contributed by atoms with Gasteiger partial charge in [-0.15, -0.1) is 35.3 Å². The van der Waals surface area contributed by atoms with Gasteiger partial charge in [-0.25, -0.2) is 0 Å². The molecule has 2 aromatic rings. The Hall–Kier alpha value is -1.16. The lowest BCUT2D eigenvalue weighted by Gasteiger charge is -2.20. The number of halogens is 1. The third kappa shape index (κ3) is 9.47. The van der Waals surface area contributed by atoms with E-state index in [-0.39, 0.29) is 24.0 Å². The second-order valence-electron chi connectivity index (χ2n) is 8.44. The van der Waals surface area contributed by atoms with Crippen LogP contribution in [0.3, 0.4) is 0 Å². The van der Waals surface area contributed by atoms with E-state index >= 15 is 0 Å². The zero-order valence-corrected chi connectivity index (χ0v) is 22.3. The van der Waals surface area contributed by atoms with Crippen molar-refractivity contribution in [2.45, 2.75) is 32.9 Å². The number of likely N-dealkylation sites (N-methyl/N-ethyl adjacent to an activating group) is 1. The largest absolute Gasteiger partial charge is 0.356 e. The van der Waals surface area contributed by atoms with Crippen molar-refractivity contribution >= 4 is 41.3 Å². The third-order valence-electron chi connectivity index (χ3n) is 5.67. The van der Waals surface area contributed by atoms with Gasteiger partial charge in [-0.3, -0.25) is 9.89 Å². The van der Waals surface area contributed by atoms with Crippen molar-refractivity contribution in [2.75, 3.05) is 46.8 Å². The van der Waals surface area contributed by atoms with Crippen LogP contribution < -0.4 is 10.6 Å². The zero-order valence-electron chi connectivity index (χ0n) is 19.1. The Bertz CT molecular complexity index is 763. The molecule has 0 bridgehead atoms. The topological polar surface area (TPSA) is 42.9 Å². The highest BCUT2D eigenvalue weighted by molar-refractivity contribution is 14.0. The fraction of sp³-hybridized carbons (Fsp3) is 0.542. The van der Waals surface area contributed by atoms with Crippen molar-refractivity contribution in [3.05, 3.63) is 57.8 Å². The quantitative estimate of drug-likeness (QED) is 0.293. The van der Waals surface area contributed by atoms with Gasteiger partial charge in [-0.2, -0.15) is 0 Å². The Kier molecular flexibility index (Phi) is 11.9. The van der Waals surface area contributed by atoms with Crippen molar-refractivity contribution in [2.24, 2.45) is 10.9 Å². The SMILES string of the molecule is CN=C(NCc1ccc(CN2CCCN(C)CC2)cc1)NCC(C)Cc1cccs1.I. The van der Waals surface area contributed by atoms with Gasteiger partial charge < -0.3 is 15.5 Å². The molecule has 7 heteroatoms. The van der Waals surface area contributed by atoms with Crippen LogP contribution in [0.1, 0.15) is 29.3 Å². The Balaban J connectivity index is 0.00000341. The molecule has 2 heterocycles. The molecule has 1 aromatic heterocycles. The summed E-state index contributed by atoms with van der Waals surface area (Å²) >= 11 is 1.83. The minimum absolute atomic E-state index is 0. The maximum Gasteiger partial charge on any atom is 0.191 e. The number of hydrogen-bond donors (Lipinski definition) is 2. The summed E-state index contributed by atoms with van der Waals surface area (Å²) in [6.07, 6.45) is 2.37. The van der Waals surface area contributed by atoms with Crippen LogP contribution in [-0.2, 0) is 19.5 Å². The Labute approximate surface area is 209 Å². The fourth-order valence-electron chi connectivity index (χ4n) is 3.80. The first-order valence-electron chi connectivity index (χ1n) is 11.1. The summed E-state index contributed by atoms with van der Waals surface area (Å²) in [5.41, 5.74) is 2.68. The normalized spacial score (nSPS) is 16.9. The van der Waals surface area contributed by atoms with E-state index in [1.807, 2.05) is 18.4 Å². The van der Waals surface area contributed by atoms with Gasteiger partial charge in [0.05, 0.1) is 0 Å². The predicted molar refractivity (Wildman–Crippen MR) is 145 cm³/mol. The Morgan fingerprint density at radius 3 is 2.55 bits per heavy atom. The van der Waals surface area contributed by atoms with Gasteiger partial charge in [-0.05, 0) is 61.5 Å². The molecule has 0 amide bonds. The summed E-state index contributed by atoms with van der Waals surface area (Å²) in [5.74, 6) is 1.44. The third-order valence-corrected chi connectivity index (χ3v) is 6.57. The molecule has 3 rings (SSSR count). The van der Waals surface area contributed by atoms with E-state index in [1.54, 1.807) is 0 Å². The van der Waals surface area contributed by atoms with Gasteiger partial charge >= 0.3 is 0 Å². The summed E-state index contributed by atoms with van der Waals surface area (Å²) in [4.78, 5) is 10.8. The van der Waals surface area contributed by atoms with E-state index in [2.05, 4.69) is 81.2 Å². The van der Waals surface area contributed by atoms with Crippen LogP contribution in [0.25, 0.3) is 0 Å². The van der Waals surface area contributed by atoms with E-state index in [4.69, 9.17) is 0 Å². The van der Waals surface area contributed by atoms with E-state index in [1.165, 1.54) is 42.1 Å². The van der Waals surface area contributed by atoms with Crippen LogP contribution in [0.4, 0.5) is 0 Å². The summed E-state index contributed by atoms with van der Waals surface area (Å²) < 4.78 is 0. The standard InChI is InChI=1S/C24H37N5S.HI/c1-20(16-23-6-4-15-30-23)17-26-24(25-2)27-18-21-7-9-22(10-8-21)19-29-12-5-11-28(3)13-14-29;/h4,6-10,15,20H,5,11-14,16-19H2,1-3H3,(H2,25,26,27);1H. The first kappa shape index (κ1) is 26.1. The van der Waals surface area contributed by atoms with Gasteiger partial charge in [-0.1, -0.05) is 37.3 Å². The molecule has 172 valence electrons. The van der Waals surface area contributed by atoms with Gasteiger partial charge in [0.15, 0.2) is 5.96 Å². The minimum atomic E-state index is 0. The number of nitrogens with zero attached hydrogens (tertiary/aromatic N) is 3. The molecule has 1 aliphatic rings. The van der Waals surface area contributed by atoms with Crippen molar-refractivity contribution in [3.8, 4) is 0 Å². The van der Waals surface area contributed by atoms with Crippen LogP contribution in [0.2, 0.25) is 0 Å². The van der Waals surface area contributed by atoms with Crippen molar-refractivity contribution < 1.29 is 0 Å². The lowest BCUT2D eigenvalue weighted by molar-refractivity contribution is 0.269. The summed E-state index contributed by atoms with van der Waals surface area (Å²) in [7, 11) is 4.05. The molecule has 0 spiro atoms. The van der Waals surface area contributed by atoms with Crippen molar-refractivity contribution in [3.63, 3.8) is 0 Å². The van der Waals surface area contributed by atoms with E-state index < -0.39 is 0 Å². The average molecular weight is 556 g/mol. The number of guanidine groups is 1. The maximum atomic E-state index is 4.37. The van der Waals surface area contributed by atoms with Gasteiger partial charge in [0.2, 0.25) is 0 Å². The van der Waals surface area contributed by atoms with E-state index in [9.17, 15) is 0 Å². The molecule has 0 aliphatic carbocycles. The molecule has 1 atom stereocenters. The molecule has 1 aromatic carbocycles. The van der Waals surface area contributed by atoms with Crippen LogP contribution in [0.15, 0.2) is 46.8 Å². The molecule has 0 saturated carbocycles. The average Bonchev–Trinajstić information content (AvgIpc) is 3.17. The lowest BCUT2D eigenvalue weighted by atomic mass is 10.1. The van der Waals surface area contributed by atoms with Crippen LogP contribution >= 0.6 is 35.3 Å². The summed E-state index contributed by atoms with van der Waals surface area (Å²) in [5, 5.41) is 9.05. The lowest BCUT2D eigenvalue weighted by Crippen LogP contribution is -2.39. The zero-order chi connectivity index (χ0) is 21.2. The molecule has 31 heavy (non-hydrogen) atoms. The highest BCUT2D eigenvalue weighted by atomic mass is 127. The van der Waals surface area contributed by atoms with Crippen molar-refractivity contribution in [1.82, 2.24) is 20.4 Å². The smallest absolute Gasteiger partial charge is 0.191 e.